The topological polar surface area (TPSA) is 56.0 Å². The van der Waals surface area contributed by atoms with Gasteiger partial charge in [-0.05, 0) is 44.4 Å². The molecule has 4 rings (SSSR count). The summed E-state index contributed by atoms with van der Waals surface area (Å²) in [6, 6.07) is 9.44. The third-order valence-corrected chi connectivity index (χ3v) is 4.59. The van der Waals surface area contributed by atoms with Crippen molar-refractivity contribution in [3.05, 3.63) is 30.1 Å². The molecule has 2 aromatic rings. The number of H-pyrrole nitrogens is 1. The molecule has 2 fully saturated rings. The lowest BCUT2D eigenvalue weighted by Crippen LogP contribution is -2.39. The number of hydrogen-bond donors (Lipinski definition) is 3. The van der Waals surface area contributed by atoms with Crippen molar-refractivity contribution in [3.63, 3.8) is 0 Å². The number of aromatic nitrogens is 2. The first-order chi connectivity index (χ1) is 10.3. The maximum Gasteiger partial charge on any atom is 0.121 e. The highest BCUT2D eigenvalue weighted by Gasteiger charge is 2.36. The van der Waals surface area contributed by atoms with Crippen molar-refractivity contribution in [1.82, 2.24) is 25.7 Å². The van der Waals surface area contributed by atoms with Gasteiger partial charge in [0.1, 0.15) is 5.82 Å². The number of nitrogens with zero attached hydrogens (tertiary/aromatic N) is 2. The van der Waals surface area contributed by atoms with Crippen molar-refractivity contribution >= 4 is 11.0 Å². The van der Waals surface area contributed by atoms with Crippen molar-refractivity contribution in [2.75, 3.05) is 13.6 Å². The van der Waals surface area contributed by atoms with Crippen LogP contribution < -0.4 is 10.9 Å². The first-order valence-corrected chi connectivity index (χ1v) is 7.91. The Labute approximate surface area is 125 Å². The molecule has 1 saturated carbocycles. The molecular formula is C16H23N5. The predicted molar refractivity (Wildman–Crippen MR) is 83.6 cm³/mol. The number of rotatable bonds is 5. The molecule has 0 bridgehead atoms. The van der Waals surface area contributed by atoms with E-state index in [0.717, 1.165) is 35.9 Å². The normalized spacial score (nSPS) is 26.0. The summed E-state index contributed by atoms with van der Waals surface area (Å²) >= 11 is 0. The molecule has 2 unspecified atom stereocenters. The van der Waals surface area contributed by atoms with Crippen LogP contribution in [0.1, 0.15) is 25.1 Å². The molecule has 112 valence electrons. The predicted octanol–water partition coefficient (Wildman–Crippen LogP) is 1.64. The molecular weight excluding hydrogens is 262 g/mol. The number of nitrogens with one attached hydrogen (secondary N) is 3. The van der Waals surface area contributed by atoms with Gasteiger partial charge in [0.05, 0.1) is 17.6 Å². The molecule has 2 aliphatic rings. The fourth-order valence-corrected chi connectivity index (χ4v) is 3.36. The van der Waals surface area contributed by atoms with Crippen LogP contribution in [0.25, 0.3) is 11.0 Å². The number of fused-ring (bicyclic) bond motifs is 1. The maximum atomic E-state index is 4.65. The van der Waals surface area contributed by atoms with E-state index in [4.69, 9.17) is 0 Å². The maximum absolute atomic E-state index is 4.65. The zero-order valence-electron chi connectivity index (χ0n) is 12.5. The van der Waals surface area contributed by atoms with Crippen molar-refractivity contribution in [2.45, 2.75) is 37.9 Å². The number of aromatic amines is 1. The van der Waals surface area contributed by atoms with Gasteiger partial charge in [-0.1, -0.05) is 12.1 Å². The van der Waals surface area contributed by atoms with Crippen molar-refractivity contribution in [2.24, 2.45) is 5.92 Å². The van der Waals surface area contributed by atoms with Crippen LogP contribution in [-0.2, 0) is 6.54 Å². The van der Waals surface area contributed by atoms with E-state index in [1.165, 1.54) is 19.3 Å². The summed E-state index contributed by atoms with van der Waals surface area (Å²) in [7, 11) is 2.17. The summed E-state index contributed by atoms with van der Waals surface area (Å²) in [5, 5.41) is 0. The van der Waals surface area contributed by atoms with Crippen molar-refractivity contribution < 1.29 is 0 Å². The molecule has 5 heteroatoms. The van der Waals surface area contributed by atoms with E-state index < -0.39 is 0 Å². The van der Waals surface area contributed by atoms with Crippen LogP contribution in [0.5, 0.6) is 0 Å². The molecule has 0 amide bonds. The minimum atomic E-state index is 0.546. The van der Waals surface area contributed by atoms with Gasteiger partial charge in [0, 0.05) is 18.6 Å². The lowest BCUT2D eigenvalue weighted by Gasteiger charge is -2.19. The third-order valence-electron chi connectivity index (χ3n) is 4.59. The zero-order chi connectivity index (χ0) is 14.2. The molecule has 3 N–H and O–H groups in total. The minimum Gasteiger partial charge on any atom is -0.341 e. The molecule has 1 aromatic heterocycles. The number of imidazole rings is 1. The highest BCUT2D eigenvalue weighted by Crippen LogP contribution is 2.35. The van der Waals surface area contributed by atoms with E-state index in [1.807, 2.05) is 12.1 Å². The average Bonchev–Trinajstić information content (AvgIpc) is 3.08. The Morgan fingerprint density at radius 1 is 1.24 bits per heavy atom. The molecule has 1 saturated heterocycles. The fourth-order valence-electron chi connectivity index (χ4n) is 3.36. The van der Waals surface area contributed by atoms with Gasteiger partial charge in [-0.15, -0.1) is 0 Å². The molecule has 1 aromatic carbocycles. The molecule has 2 atom stereocenters. The van der Waals surface area contributed by atoms with Gasteiger partial charge in [-0.25, -0.2) is 4.98 Å². The van der Waals surface area contributed by atoms with Crippen LogP contribution >= 0.6 is 0 Å². The highest BCUT2D eigenvalue weighted by atomic mass is 15.4. The molecule has 0 spiro atoms. The van der Waals surface area contributed by atoms with E-state index in [2.05, 4.69) is 44.9 Å². The third kappa shape index (κ3) is 2.95. The first kappa shape index (κ1) is 13.2. The number of hydrazine groups is 1. The Hall–Kier alpha value is -1.43. The summed E-state index contributed by atoms with van der Waals surface area (Å²) in [6.07, 6.45) is 4.05. The lowest BCUT2D eigenvalue weighted by atomic mass is 10.1. The van der Waals surface area contributed by atoms with E-state index in [9.17, 15) is 0 Å². The van der Waals surface area contributed by atoms with Gasteiger partial charge in [0.15, 0.2) is 0 Å². The van der Waals surface area contributed by atoms with Crippen LogP contribution in [0.4, 0.5) is 0 Å². The first-order valence-electron chi connectivity index (χ1n) is 7.91. The second-order valence-electron chi connectivity index (χ2n) is 6.56. The highest BCUT2D eigenvalue weighted by molar-refractivity contribution is 5.74. The second-order valence-corrected chi connectivity index (χ2v) is 6.56. The Morgan fingerprint density at radius 3 is 2.90 bits per heavy atom. The summed E-state index contributed by atoms with van der Waals surface area (Å²) in [6.45, 7) is 1.91. The molecule has 21 heavy (non-hydrogen) atoms. The monoisotopic (exact) mass is 285 g/mol. The van der Waals surface area contributed by atoms with Gasteiger partial charge < -0.3 is 4.98 Å². The lowest BCUT2D eigenvalue weighted by molar-refractivity contribution is 0.283. The van der Waals surface area contributed by atoms with Crippen LogP contribution in [0.15, 0.2) is 24.3 Å². The smallest absolute Gasteiger partial charge is 0.121 e. The van der Waals surface area contributed by atoms with E-state index in [1.54, 1.807) is 0 Å². The van der Waals surface area contributed by atoms with Crippen LogP contribution in [-0.4, -0.2) is 40.5 Å². The Balaban J connectivity index is 1.33. The van der Waals surface area contributed by atoms with Gasteiger partial charge >= 0.3 is 0 Å². The van der Waals surface area contributed by atoms with Crippen molar-refractivity contribution in [1.29, 1.82) is 0 Å². The zero-order valence-corrected chi connectivity index (χ0v) is 12.5. The molecule has 1 aliphatic carbocycles. The van der Waals surface area contributed by atoms with Gasteiger partial charge in [0.2, 0.25) is 0 Å². The molecule has 2 heterocycles. The summed E-state index contributed by atoms with van der Waals surface area (Å²) in [5.41, 5.74) is 9.08. The largest absolute Gasteiger partial charge is 0.341 e. The van der Waals surface area contributed by atoms with Crippen molar-refractivity contribution in [3.8, 4) is 0 Å². The molecule has 1 aliphatic heterocycles. The standard InChI is InChI=1S/C16H23N5/c1-21(9-12-8-15(20-19-12)11-6-7-11)10-16-17-13-4-2-3-5-14(13)18-16/h2-5,11-12,15,19-20H,6-10H2,1H3,(H,17,18). The summed E-state index contributed by atoms with van der Waals surface area (Å²) in [4.78, 5) is 10.4. The van der Waals surface area contributed by atoms with Gasteiger partial charge in [-0.2, -0.15) is 0 Å². The van der Waals surface area contributed by atoms with E-state index in [-0.39, 0.29) is 0 Å². The quantitative estimate of drug-likeness (QED) is 0.782. The summed E-state index contributed by atoms with van der Waals surface area (Å²) < 4.78 is 0. The van der Waals surface area contributed by atoms with Crippen LogP contribution in [0, 0.1) is 5.92 Å². The number of para-hydroxylation sites is 2. The van der Waals surface area contributed by atoms with E-state index >= 15 is 0 Å². The number of hydrogen-bond acceptors (Lipinski definition) is 4. The number of likely N-dealkylation sites (N-methyl/N-ethyl adjacent to an activating group) is 1. The van der Waals surface area contributed by atoms with Crippen LogP contribution in [0.2, 0.25) is 0 Å². The van der Waals surface area contributed by atoms with Gasteiger partial charge in [-0.3, -0.25) is 15.8 Å². The van der Waals surface area contributed by atoms with Gasteiger partial charge in [0.25, 0.3) is 0 Å². The fraction of sp³-hybridized carbons (Fsp3) is 0.562. The Bertz CT molecular complexity index is 585. The molecule has 0 radical (unpaired) electrons. The number of benzene rings is 1. The Morgan fingerprint density at radius 2 is 2.10 bits per heavy atom. The minimum absolute atomic E-state index is 0.546. The van der Waals surface area contributed by atoms with Crippen LogP contribution in [0.3, 0.4) is 0 Å². The summed E-state index contributed by atoms with van der Waals surface area (Å²) in [5.74, 6) is 1.96. The second kappa shape index (κ2) is 5.40. The SMILES string of the molecule is CN(Cc1nc2ccccc2[nH]1)CC1CC(C2CC2)NN1. The Kier molecular flexibility index (Phi) is 3.41. The average molecular weight is 285 g/mol. The molecule has 5 nitrogen and oxygen atoms in total. The van der Waals surface area contributed by atoms with E-state index in [0.29, 0.717) is 12.1 Å².